The van der Waals surface area contributed by atoms with Crippen LogP contribution in [0.2, 0.25) is 0 Å². The maximum absolute atomic E-state index is 4.53. The molecule has 0 atom stereocenters. The van der Waals surface area contributed by atoms with Gasteiger partial charge in [-0.25, -0.2) is 0 Å². The van der Waals surface area contributed by atoms with Gasteiger partial charge < -0.3 is 10.2 Å². The van der Waals surface area contributed by atoms with Crippen LogP contribution in [-0.2, 0) is 0 Å². The van der Waals surface area contributed by atoms with E-state index in [-0.39, 0.29) is 6.04 Å². The van der Waals surface area contributed by atoms with Gasteiger partial charge in [-0.15, -0.1) is 5.10 Å². The standard InChI is InChI=1S/C15H21N5/c1-5-20(13-8-6-7-12(4)9-13)14-10-16-19-15(18-14)17-11(2)3/h6-11H,5H2,1-4H3,(H,17,18,19). The van der Waals surface area contributed by atoms with Crippen LogP contribution in [-0.4, -0.2) is 27.8 Å². The fraction of sp³-hybridized carbons (Fsp3) is 0.400. The van der Waals surface area contributed by atoms with E-state index >= 15 is 0 Å². The number of aromatic nitrogens is 3. The van der Waals surface area contributed by atoms with Gasteiger partial charge in [-0.05, 0) is 45.4 Å². The average molecular weight is 271 g/mol. The van der Waals surface area contributed by atoms with Crippen molar-refractivity contribution in [1.29, 1.82) is 0 Å². The molecular weight excluding hydrogens is 250 g/mol. The first-order chi connectivity index (χ1) is 9.60. The second-order valence-corrected chi connectivity index (χ2v) is 5.02. The third-order valence-electron chi connectivity index (χ3n) is 2.87. The van der Waals surface area contributed by atoms with Crippen molar-refractivity contribution >= 4 is 17.5 Å². The first-order valence-corrected chi connectivity index (χ1v) is 6.90. The first-order valence-electron chi connectivity index (χ1n) is 6.90. The molecule has 1 heterocycles. The van der Waals surface area contributed by atoms with Gasteiger partial charge in [-0.3, -0.25) is 0 Å². The van der Waals surface area contributed by atoms with Crippen molar-refractivity contribution in [3.63, 3.8) is 0 Å². The number of hydrogen-bond acceptors (Lipinski definition) is 5. The van der Waals surface area contributed by atoms with Crippen molar-refractivity contribution in [2.75, 3.05) is 16.8 Å². The van der Waals surface area contributed by atoms with Crippen molar-refractivity contribution in [3.8, 4) is 0 Å². The summed E-state index contributed by atoms with van der Waals surface area (Å²) in [5, 5.41) is 11.2. The Bertz CT molecular complexity index is 568. The van der Waals surface area contributed by atoms with Gasteiger partial charge in [0.25, 0.3) is 0 Å². The first kappa shape index (κ1) is 14.2. The lowest BCUT2D eigenvalue weighted by Gasteiger charge is -2.22. The number of benzene rings is 1. The van der Waals surface area contributed by atoms with E-state index in [0.29, 0.717) is 5.95 Å². The molecule has 0 spiro atoms. The molecule has 0 saturated heterocycles. The van der Waals surface area contributed by atoms with Gasteiger partial charge in [-0.1, -0.05) is 12.1 Å². The van der Waals surface area contributed by atoms with Crippen molar-refractivity contribution in [2.45, 2.75) is 33.7 Å². The minimum Gasteiger partial charge on any atom is -0.351 e. The quantitative estimate of drug-likeness (QED) is 0.905. The van der Waals surface area contributed by atoms with Gasteiger partial charge in [0, 0.05) is 18.3 Å². The Morgan fingerprint density at radius 3 is 2.75 bits per heavy atom. The molecule has 20 heavy (non-hydrogen) atoms. The molecule has 0 bridgehead atoms. The van der Waals surface area contributed by atoms with Gasteiger partial charge in [0.1, 0.15) is 0 Å². The summed E-state index contributed by atoms with van der Waals surface area (Å²) in [7, 11) is 0. The minimum absolute atomic E-state index is 0.279. The van der Waals surface area contributed by atoms with Gasteiger partial charge in [0.15, 0.2) is 5.82 Å². The van der Waals surface area contributed by atoms with Crippen LogP contribution in [0, 0.1) is 6.92 Å². The Hall–Kier alpha value is -2.17. The Kier molecular flexibility index (Phi) is 4.50. The summed E-state index contributed by atoms with van der Waals surface area (Å²) >= 11 is 0. The van der Waals surface area contributed by atoms with Crippen LogP contribution in [0.1, 0.15) is 26.3 Å². The average Bonchev–Trinajstić information content (AvgIpc) is 2.39. The fourth-order valence-electron chi connectivity index (χ4n) is 2.02. The Morgan fingerprint density at radius 1 is 1.30 bits per heavy atom. The van der Waals surface area contributed by atoms with Gasteiger partial charge in [-0.2, -0.15) is 10.1 Å². The van der Waals surface area contributed by atoms with Crippen LogP contribution < -0.4 is 10.2 Å². The highest BCUT2D eigenvalue weighted by Crippen LogP contribution is 2.23. The summed E-state index contributed by atoms with van der Waals surface area (Å²) in [5.41, 5.74) is 2.34. The maximum atomic E-state index is 4.53. The Balaban J connectivity index is 2.32. The van der Waals surface area contributed by atoms with E-state index in [1.807, 2.05) is 13.8 Å². The molecule has 0 aliphatic carbocycles. The number of aryl methyl sites for hydroxylation is 1. The zero-order valence-electron chi connectivity index (χ0n) is 12.5. The van der Waals surface area contributed by atoms with E-state index < -0.39 is 0 Å². The molecule has 106 valence electrons. The van der Waals surface area contributed by atoms with E-state index in [9.17, 15) is 0 Å². The third-order valence-corrected chi connectivity index (χ3v) is 2.87. The SMILES string of the molecule is CCN(c1cccc(C)c1)c1cnnc(NC(C)C)n1. The summed E-state index contributed by atoms with van der Waals surface area (Å²) in [5.74, 6) is 1.36. The molecule has 2 rings (SSSR count). The molecule has 0 amide bonds. The van der Waals surface area contributed by atoms with E-state index in [1.165, 1.54) is 5.56 Å². The van der Waals surface area contributed by atoms with Crippen LogP contribution in [0.5, 0.6) is 0 Å². The molecule has 0 saturated carbocycles. The molecule has 0 unspecified atom stereocenters. The summed E-state index contributed by atoms with van der Waals surface area (Å²) < 4.78 is 0. The van der Waals surface area contributed by atoms with Crippen LogP contribution in [0.15, 0.2) is 30.5 Å². The second kappa shape index (κ2) is 6.32. The van der Waals surface area contributed by atoms with Crippen LogP contribution >= 0.6 is 0 Å². The molecule has 0 radical (unpaired) electrons. The number of rotatable bonds is 5. The lowest BCUT2D eigenvalue weighted by atomic mass is 10.2. The highest BCUT2D eigenvalue weighted by atomic mass is 15.3. The normalized spacial score (nSPS) is 10.7. The summed E-state index contributed by atoms with van der Waals surface area (Å²) in [6, 6.07) is 8.63. The summed E-state index contributed by atoms with van der Waals surface area (Å²) in [6.45, 7) is 9.10. The van der Waals surface area contributed by atoms with Gasteiger partial charge >= 0.3 is 0 Å². The van der Waals surface area contributed by atoms with Crippen molar-refractivity contribution in [2.24, 2.45) is 0 Å². The smallest absolute Gasteiger partial charge is 0.244 e. The van der Waals surface area contributed by atoms with E-state index in [2.05, 4.69) is 63.5 Å². The van der Waals surface area contributed by atoms with Gasteiger partial charge in [0.05, 0.1) is 6.20 Å². The molecule has 0 fully saturated rings. The zero-order chi connectivity index (χ0) is 14.5. The maximum Gasteiger partial charge on any atom is 0.244 e. The van der Waals surface area contributed by atoms with Crippen molar-refractivity contribution < 1.29 is 0 Å². The predicted octanol–water partition coefficient (Wildman–Crippen LogP) is 3.16. The molecule has 5 nitrogen and oxygen atoms in total. The molecular formula is C15H21N5. The highest BCUT2D eigenvalue weighted by Gasteiger charge is 2.11. The third kappa shape index (κ3) is 3.44. The van der Waals surface area contributed by atoms with E-state index in [1.54, 1.807) is 6.20 Å². The predicted molar refractivity (Wildman–Crippen MR) is 82.4 cm³/mol. The minimum atomic E-state index is 0.279. The van der Waals surface area contributed by atoms with E-state index in [0.717, 1.165) is 18.1 Å². The Labute approximate surface area is 120 Å². The molecule has 1 aromatic heterocycles. The van der Waals surface area contributed by atoms with Crippen molar-refractivity contribution in [1.82, 2.24) is 15.2 Å². The largest absolute Gasteiger partial charge is 0.351 e. The van der Waals surface area contributed by atoms with Crippen LogP contribution in [0.25, 0.3) is 0 Å². The second-order valence-electron chi connectivity index (χ2n) is 5.02. The summed E-state index contributed by atoms with van der Waals surface area (Å²) in [4.78, 5) is 6.65. The van der Waals surface area contributed by atoms with Crippen LogP contribution in [0.4, 0.5) is 17.5 Å². The molecule has 2 aromatic rings. The zero-order valence-corrected chi connectivity index (χ0v) is 12.5. The molecule has 1 aromatic carbocycles. The molecule has 1 N–H and O–H groups in total. The number of nitrogens with zero attached hydrogens (tertiary/aromatic N) is 4. The number of anilines is 3. The topological polar surface area (TPSA) is 53.9 Å². The highest BCUT2D eigenvalue weighted by molar-refractivity contribution is 5.60. The summed E-state index contributed by atoms with van der Waals surface area (Å²) in [6.07, 6.45) is 1.69. The monoisotopic (exact) mass is 271 g/mol. The van der Waals surface area contributed by atoms with E-state index in [4.69, 9.17) is 0 Å². The molecule has 0 aliphatic heterocycles. The lowest BCUT2D eigenvalue weighted by Crippen LogP contribution is -2.20. The fourth-order valence-corrected chi connectivity index (χ4v) is 2.02. The lowest BCUT2D eigenvalue weighted by molar-refractivity contribution is 0.842. The number of nitrogens with one attached hydrogen (secondary N) is 1. The van der Waals surface area contributed by atoms with Crippen molar-refractivity contribution in [3.05, 3.63) is 36.0 Å². The molecule has 5 heteroatoms. The Morgan fingerprint density at radius 2 is 2.10 bits per heavy atom. The van der Waals surface area contributed by atoms with Gasteiger partial charge in [0.2, 0.25) is 5.95 Å². The van der Waals surface area contributed by atoms with Crippen LogP contribution in [0.3, 0.4) is 0 Å². The number of hydrogen-bond donors (Lipinski definition) is 1. The molecule has 0 aliphatic rings.